The molecular weight excluding hydrogens is 228 g/mol. The first-order valence-corrected chi connectivity index (χ1v) is 7.34. The number of hydrogen-bond donors (Lipinski definition) is 0. The van der Waals surface area contributed by atoms with E-state index in [2.05, 4.69) is 20.8 Å². The van der Waals surface area contributed by atoms with Crippen LogP contribution in [0.1, 0.15) is 43.6 Å². The fourth-order valence-electron chi connectivity index (χ4n) is 1.55. The molecule has 0 amide bonds. The molecule has 0 saturated carbocycles. The maximum Gasteiger partial charge on any atom is 0.175 e. The molecule has 0 fully saturated rings. The summed E-state index contributed by atoms with van der Waals surface area (Å²) in [6, 6.07) is 8.00. The largest absolute Gasteiger partial charge is 0.293 e. The second kappa shape index (κ2) is 6.85. The number of carbonyl (C=O) groups excluding carboxylic acids is 1. The molecule has 2 heteroatoms. The highest BCUT2D eigenvalue weighted by Gasteiger charge is 2.15. The van der Waals surface area contributed by atoms with Crippen LogP contribution in [0, 0.1) is 5.92 Å². The van der Waals surface area contributed by atoms with Gasteiger partial charge in [0.05, 0.1) is 5.25 Å². The van der Waals surface area contributed by atoms with Gasteiger partial charge >= 0.3 is 0 Å². The Kier molecular flexibility index (Phi) is 5.76. The lowest BCUT2D eigenvalue weighted by molar-refractivity contribution is 0.0994. The zero-order chi connectivity index (χ0) is 12.8. The average Bonchev–Trinajstić information content (AvgIpc) is 2.35. The standard InChI is InChI=1S/C15H22OS/c1-5-13-6-8-14(9-7-13)15(16)12(4)17-10-11(2)3/h6-9,11-12H,5,10H2,1-4H3. The second-order valence-electron chi connectivity index (χ2n) is 4.78. The second-order valence-corrected chi connectivity index (χ2v) is 6.16. The minimum absolute atomic E-state index is 0.0601. The van der Waals surface area contributed by atoms with Crippen LogP contribution >= 0.6 is 11.8 Å². The molecule has 1 aromatic rings. The Labute approximate surface area is 109 Å². The highest BCUT2D eigenvalue weighted by atomic mass is 32.2. The summed E-state index contributed by atoms with van der Waals surface area (Å²) in [5.74, 6) is 1.93. The molecular formula is C15H22OS. The molecule has 0 aliphatic heterocycles. The molecule has 0 aliphatic carbocycles. The van der Waals surface area contributed by atoms with E-state index in [1.165, 1.54) is 5.56 Å². The number of rotatable bonds is 6. The third-order valence-corrected chi connectivity index (χ3v) is 4.27. The van der Waals surface area contributed by atoms with Gasteiger partial charge in [0.1, 0.15) is 0 Å². The van der Waals surface area contributed by atoms with Gasteiger partial charge in [0.2, 0.25) is 0 Å². The van der Waals surface area contributed by atoms with Gasteiger partial charge in [0, 0.05) is 5.56 Å². The van der Waals surface area contributed by atoms with E-state index in [4.69, 9.17) is 0 Å². The summed E-state index contributed by atoms with van der Waals surface area (Å²) < 4.78 is 0. The Morgan fingerprint density at radius 3 is 2.24 bits per heavy atom. The molecule has 17 heavy (non-hydrogen) atoms. The molecule has 0 heterocycles. The summed E-state index contributed by atoms with van der Waals surface area (Å²) in [4.78, 5) is 12.1. The molecule has 1 atom stereocenters. The first kappa shape index (κ1) is 14.3. The molecule has 1 rings (SSSR count). The topological polar surface area (TPSA) is 17.1 Å². The molecule has 0 aromatic heterocycles. The van der Waals surface area contributed by atoms with Gasteiger partial charge in [-0.2, -0.15) is 11.8 Å². The third-order valence-electron chi connectivity index (χ3n) is 2.70. The Morgan fingerprint density at radius 2 is 1.76 bits per heavy atom. The van der Waals surface area contributed by atoms with E-state index in [-0.39, 0.29) is 11.0 Å². The van der Waals surface area contributed by atoms with E-state index in [0.29, 0.717) is 5.92 Å². The minimum Gasteiger partial charge on any atom is -0.293 e. The predicted molar refractivity (Wildman–Crippen MR) is 76.9 cm³/mol. The van der Waals surface area contributed by atoms with E-state index >= 15 is 0 Å². The fraction of sp³-hybridized carbons (Fsp3) is 0.533. The molecule has 1 unspecified atom stereocenters. The lowest BCUT2D eigenvalue weighted by Crippen LogP contribution is -2.15. The predicted octanol–water partition coefficient (Wildman–Crippen LogP) is 4.21. The van der Waals surface area contributed by atoms with Gasteiger partial charge in [-0.3, -0.25) is 4.79 Å². The number of hydrogen-bond acceptors (Lipinski definition) is 2. The lowest BCUT2D eigenvalue weighted by Gasteiger charge is -2.12. The molecule has 0 radical (unpaired) electrons. The molecule has 0 bridgehead atoms. The Bertz CT molecular complexity index is 354. The van der Waals surface area contributed by atoms with Crippen molar-refractivity contribution in [1.29, 1.82) is 0 Å². The summed E-state index contributed by atoms with van der Waals surface area (Å²) in [7, 11) is 0. The van der Waals surface area contributed by atoms with Crippen molar-refractivity contribution < 1.29 is 4.79 Å². The summed E-state index contributed by atoms with van der Waals surface area (Å²) in [6.45, 7) is 8.49. The van der Waals surface area contributed by atoms with Crippen molar-refractivity contribution in [2.45, 2.75) is 39.4 Å². The molecule has 0 spiro atoms. The number of ketones is 1. The minimum atomic E-state index is 0.0601. The highest BCUT2D eigenvalue weighted by Crippen LogP contribution is 2.19. The molecule has 0 aliphatic rings. The van der Waals surface area contributed by atoms with Gasteiger partial charge in [-0.1, -0.05) is 45.0 Å². The average molecular weight is 250 g/mol. The van der Waals surface area contributed by atoms with E-state index in [0.717, 1.165) is 17.7 Å². The monoisotopic (exact) mass is 250 g/mol. The summed E-state index contributed by atoms with van der Waals surface area (Å²) >= 11 is 1.75. The van der Waals surface area contributed by atoms with Crippen LogP contribution in [-0.2, 0) is 6.42 Å². The van der Waals surface area contributed by atoms with Crippen LogP contribution in [0.3, 0.4) is 0 Å². The van der Waals surface area contributed by atoms with Gasteiger partial charge in [0.25, 0.3) is 0 Å². The number of aryl methyl sites for hydroxylation is 1. The maximum atomic E-state index is 12.1. The van der Waals surface area contributed by atoms with Crippen molar-refractivity contribution in [3.8, 4) is 0 Å². The highest BCUT2D eigenvalue weighted by molar-refractivity contribution is 8.00. The van der Waals surface area contributed by atoms with Crippen LogP contribution < -0.4 is 0 Å². The quantitative estimate of drug-likeness (QED) is 0.704. The summed E-state index contributed by atoms with van der Waals surface area (Å²) in [5.41, 5.74) is 2.12. The fourth-order valence-corrected chi connectivity index (χ4v) is 2.51. The third kappa shape index (κ3) is 4.55. The van der Waals surface area contributed by atoms with Gasteiger partial charge < -0.3 is 0 Å². The zero-order valence-corrected chi connectivity index (χ0v) is 12.0. The van der Waals surface area contributed by atoms with Gasteiger partial charge in [-0.25, -0.2) is 0 Å². The number of Topliss-reactive ketones (excluding diaryl/α,β-unsaturated/α-hetero) is 1. The van der Waals surface area contributed by atoms with Gasteiger partial charge in [0.15, 0.2) is 5.78 Å². The van der Waals surface area contributed by atoms with Crippen molar-refractivity contribution in [3.63, 3.8) is 0 Å². The van der Waals surface area contributed by atoms with Gasteiger partial charge in [-0.15, -0.1) is 0 Å². The van der Waals surface area contributed by atoms with Crippen LogP contribution in [0.25, 0.3) is 0 Å². The van der Waals surface area contributed by atoms with Crippen molar-refractivity contribution in [1.82, 2.24) is 0 Å². The smallest absolute Gasteiger partial charge is 0.175 e. The van der Waals surface area contributed by atoms with E-state index in [1.807, 2.05) is 31.2 Å². The van der Waals surface area contributed by atoms with Crippen molar-refractivity contribution >= 4 is 17.5 Å². The number of carbonyl (C=O) groups is 1. The first-order chi connectivity index (χ1) is 8.04. The van der Waals surface area contributed by atoms with E-state index < -0.39 is 0 Å². The molecule has 1 aromatic carbocycles. The first-order valence-electron chi connectivity index (χ1n) is 6.29. The SMILES string of the molecule is CCc1ccc(C(=O)C(C)SCC(C)C)cc1. The van der Waals surface area contributed by atoms with Crippen molar-refractivity contribution in [2.24, 2.45) is 5.92 Å². The normalized spacial score (nSPS) is 12.8. The van der Waals surface area contributed by atoms with Crippen molar-refractivity contribution in [3.05, 3.63) is 35.4 Å². The Hall–Kier alpha value is -0.760. The van der Waals surface area contributed by atoms with Crippen LogP contribution in [0.2, 0.25) is 0 Å². The van der Waals surface area contributed by atoms with E-state index in [9.17, 15) is 4.79 Å². The van der Waals surface area contributed by atoms with Gasteiger partial charge in [-0.05, 0) is 30.6 Å². The van der Waals surface area contributed by atoms with Crippen LogP contribution in [0.5, 0.6) is 0 Å². The summed E-state index contributed by atoms with van der Waals surface area (Å²) in [5, 5.41) is 0.0601. The summed E-state index contributed by atoms with van der Waals surface area (Å²) in [6.07, 6.45) is 1.02. The van der Waals surface area contributed by atoms with Crippen LogP contribution in [0.4, 0.5) is 0 Å². The van der Waals surface area contributed by atoms with E-state index in [1.54, 1.807) is 11.8 Å². The molecule has 1 nitrogen and oxygen atoms in total. The Balaban J connectivity index is 2.61. The molecule has 94 valence electrons. The molecule has 0 N–H and O–H groups in total. The lowest BCUT2D eigenvalue weighted by atomic mass is 10.1. The zero-order valence-electron chi connectivity index (χ0n) is 11.2. The maximum absolute atomic E-state index is 12.1. The molecule has 0 saturated heterocycles. The van der Waals surface area contributed by atoms with Crippen LogP contribution in [-0.4, -0.2) is 16.8 Å². The Morgan fingerprint density at radius 1 is 1.18 bits per heavy atom. The number of benzene rings is 1. The number of thioether (sulfide) groups is 1. The van der Waals surface area contributed by atoms with Crippen LogP contribution in [0.15, 0.2) is 24.3 Å². The van der Waals surface area contributed by atoms with Crippen molar-refractivity contribution in [2.75, 3.05) is 5.75 Å².